The minimum absolute atomic E-state index is 0.0147. The Labute approximate surface area is 112 Å². The van der Waals surface area contributed by atoms with Crippen molar-refractivity contribution in [2.45, 2.75) is 25.0 Å². The lowest BCUT2D eigenvalue weighted by Gasteiger charge is -2.56. The van der Waals surface area contributed by atoms with Gasteiger partial charge >= 0.3 is 0 Å². The van der Waals surface area contributed by atoms with E-state index in [-0.39, 0.29) is 35.7 Å². The molecule has 1 aromatic carbocycles. The number of hydrogen-bond donors (Lipinski definition) is 0. The number of amides is 1. The molecule has 1 amide bonds. The van der Waals surface area contributed by atoms with Gasteiger partial charge in [-0.3, -0.25) is 9.59 Å². The van der Waals surface area contributed by atoms with Crippen molar-refractivity contribution in [2.75, 3.05) is 14.2 Å². The standard InChI is InChI=1S/C15H17NO3/c1-8(17)11-12-9-6-4-5-7-10(9)15(18)16(2)13(12)14(11)19-3/h4-7,11-14H,1-3H3/t11-,12-,13-,14+/m1/s1. The van der Waals surface area contributed by atoms with E-state index in [0.717, 1.165) is 5.56 Å². The lowest BCUT2D eigenvalue weighted by molar-refractivity contribution is -0.146. The molecule has 0 saturated heterocycles. The van der Waals surface area contributed by atoms with Crippen LogP contribution in [0.5, 0.6) is 0 Å². The van der Waals surface area contributed by atoms with Crippen LogP contribution in [0, 0.1) is 5.92 Å². The van der Waals surface area contributed by atoms with Crippen LogP contribution in [0.25, 0.3) is 0 Å². The van der Waals surface area contributed by atoms with Crippen molar-refractivity contribution in [3.63, 3.8) is 0 Å². The number of Topliss-reactive ketones (excluding diaryl/α,β-unsaturated/α-hetero) is 1. The molecule has 19 heavy (non-hydrogen) atoms. The SMILES string of the molecule is CO[C@H]1[C@H](C(C)=O)[C@H]2c3ccccc3C(=O)N(C)[C@@H]12. The third-order valence-electron chi connectivity index (χ3n) is 4.50. The molecule has 100 valence electrons. The number of ketones is 1. The number of carbonyl (C=O) groups excluding carboxylic acids is 2. The molecule has 0 spiro atoms. The second kappa shape index (κ2) is 4.17. The van der Waals surface area contributed by atoms with Crippen LogP contribution in [0.15, 0.2) is 24.3 Å². The van der Waals surface area contributed by atoms with E-state index in [4.69, 9.17) is 4.74 Å². The molecule has 1 aliphatic carbocycles. The summed E-state index contributed by atoms with van der Waals surface area (Å²) in [5.41, 5.74) is 1.70. The maximum absolute atomic E-state index is 12.3. The molecule has 4 nitrogen and oxygen atoms in total. The molecule has 0 aromatic heterocycles. The Morgan fingerprint density at radius 1 is 1.32 bits per heavy atom. The van der Waals surface area contributed by atoms with Gasteiger partial charge in [-0.2, -0.15) is 0 Å². The normalized spacial score (nSPS) is 32.4. The summed E-state index contributed by atoms with van der Waals surface area (Å²) < 4.78 is 5.45. The van der Waals surface area contributed by atoms with E-state index in [1.807, 2.05) is 24.3 Å². The van der Waals surface area contributed by atoms with E-state index in [2.05, 4.69) is 0 Å². The lowest BCUT2D eigenvalue weighted by atomic mass is 9.59. The predicted molar refractivity (Wildman–Crippen MR) is 70.0 cm³/mol. The van der Waals surface area contributed by atoms with Crippen molar-refractivity contribution in [1.29, 1.82) is 0 Å². The van der Waals surface area contributed by atoms with Gasteiger partial charge in [0.15, 0.2) is 0 Å². The van der Waals surface area contributed by atoms with Gasteiger partial charge in [0.25, 0.3) is 5.91 Å². The van der Waals surface area contributed by atoms with Gasteiger partial charge in [0.1, 0.15) is 5.78 Å². The van der Waals surface area contributed by atoms with E-state index in [1.165, 1.54) is 0 Å². The number of methoxy groups -OCH3 is 1. The summed E-state index contributed by atoms with van der Waals surface area (Å²) in [7, 11) is 3.40. The van der Waals surface area contributed by atoms with Crippen molar-refractivity contribution in [1.82, 2.24) is 4.90 Å². The summed E-state index contributed by atoms with van der Waals surface area (Å²) in [6.07, 6.45) is -0.190. The van der Waals surface area contributed by atoms with Crippen LogP contribution < -0.4 is 0 Å². The summed E-state index contributed by atoms with van der Waals surface area (Å²) in [5, 5.41) is 0. The Balaban J connectivity index is 2.11. The Hall–Kier alpha value is -1.68. The van der Waals surface area contributed by atoms with Crippen LogP contribution in [0.2, 0.25) is 0 Å². The summed E-state index contributed by atoms with van der Waals surface area (Å²) in [6.45, 7) is 1.60. The molecule has 1 heterocycles. The Kier molecular flexibility index (Phi) is 2.71. The van der Waals surface area contributed by atoms with Gasteiger partial charge in [-0.25, -0.2) is 0 Å². The van der Waals surface area contributed by atoms with Gasteiger partial charge in [0.2, 0.25) is 0 Å². The fourth-order valence-electron chi connectivity index (χ4n) is 3.60. The van der Waals surface area contributed by atoms with Crippen molar-refractivity contribution >= 4 is 11.7 Å². The van der Waals surface area contributed by atoms with E-state index >= 15 is 0 Å². The first-order valence-electron chi connectivity index (χ1n) is 6.47. The number of carbonyl (C=O) groups is 2. The zero-order valence-corrected chi connectivity index (χ0v) is 11.3. The molecular weight excluding hydrogens is 242 g/mol. The van der Waals surface area contributed by atoms with E-state index in [1.54, 1.807) is 26.0 Å². The van der Waals surface area contributed by atoms with Crippen molar-refractivity contribution in [2.24, 2.45) is 5.92 Å². The maximum atomic E-state index is 12.3. The second-order valence-electron chi connectivity index (χ2n) is 5.36. The zero-order chi connectivity index (χ0) is 13.7. The molecule has 1 fully saturated rings. The third kappa shape index (κ3) is 1.49. The summed E-state index contributed by atoms with van der Waals surface area (Å²) in [4.78, 5) is 25.9. The average Bonchev–Trinajstić information content (AvgIpc) is 2.36. The smallest absolute Gasteiger partial charge is 0.254 e. The highest BCUT2D eigenvalue weighted by Crippen LogP contribution is 2.51. The fraction of sp³-hybridized carbons (Fsp3) is 0.467. The van der Waals surface area contributed by atoms with Gasteiger partial charge < -0.3 is 9.64 Å². The van der Waals surface area contributed by atoms with Crippen LogP contribution in [-0.4, -0.2) is 42.9 Å². The van der Waals surface area contributed by atoms with E-state index in [9.17, 15) is 9.59 Å². The monoisotopic (exact) mass is 259 g/mol. The van der Waals surface area contributed by atoms with Crippen LogP contribution >= 0.6 is 0 Å². The highest BCUT2D eigenvalue weighted by Gasteiger charge is 2.59. The van der Waals surface area contributed by atoms with Crippen LogP contribution in [0.1, 0.15) is 28.8 Å². The highest BCUT2D eigenvalue weighted by molar-refractivity contribution is 5.98. The Bertz CT molecular complexity index is 554. The first-order chi connectivity index (χ1) is 9.07. The number of likely N-dealkylation sites (N-methyl/N-ethyl adjacent to an activating group) is 1. The van der Waals surface area contributed by atoms with Gasteiger partial charge in [0, 0.05) is 25.6 Å². The number of nitrogens with zero attached hydrogens (tertiary/aromatic N) is 1. The fourth-order valence-corrected chi connectivity index (χ4v) is 3.60. The number of ether oxygens (including phenoxy) is 1. The number of rotatable bonds is 2. The summed E-state index contributed by atoms with van der Waals surface area (Å²) in [6, 6.07) is 7.55. The van der Waals surface area contributed by atoms with Crippen molar-refractivity contribution < 1.29 is 14.3 Å². The molecule has 1 saturated carbocycles. The lowest BCUT2D eigenvalue weighted by Crippen LogP contribution is -2.67. The van der Waals surface area contributed by atoms with Crippen molar-refractivity contribution in [3.05, 3.63) is 35.4 Å². The van der Waals surface area contributed by atoms with Gasteiger partial charge in [-0.15, -0.1) is 0 Å². The number of hydrogen-bond acceptors (Lipinski definition) is 3. The summed E-state index contributed by atoms with van der Waals surface area (Å²) >= 11 is 0. The molecule has 3 rings (SSSR count). The molecule has 0 radical (unpaired) electrons. The van der Waals surface area contributed by atoms with Gasteiger partial charge in [0.05, 0.1) is 18.1 Å². The van der Waals surface area contributed by atoms with E-state index < -0.39 is 0 Å². The molecule has 4 heteroatoms. The van der Waals surface area contributed by atoms with Crippen molar-refractivity contribution in [3.8, 4) is 0 Å². The molecule has 1 aromatic rings. The average molecular weight is 259 g/mol. The summed E-state index contributed by atoms with van der Waals surface area (Å²) in [5.74, 6) is 0.0691. The number of fused-ring (bicyclic) bond motifs is 3. The molecular formula is C15H17NO3. The first kappa shape index (κ1) is 12.4. The Morgan fingerprint density at radius 3 is 2.63 bits per heavy atom. The van der Waals surface area contributed by atoms with Gasteiger partial charge in [-0.05, 0) is 18.6 Å². The van der Waals surface area contributed by atoms with E-state index in [0.29, 0.717) is 5.56 Å². The van der Waals surface area contributed by atoms with Gasteiger partial charge in [-0.1, -0.05) is 18.2 Å². The Morgan fingerprint density at radius 2 is 2.00 bits per heavy atom. The van der Waals surface area contributed by atoms with Crippen LogP contribution in [0.4, 0.5) is 0 Å². The van der Waals surface area contributed by atoms with Crippen LogP contribution in [-0.2, 0) is 9.53 Å². The number of benzene rings is 1. The highest BCUT2D eigenvalue weighted by atomic mass is 16.5. The molecule has 4 atom stereocenters. The molecule has 1 aliphatic heterocycles. The zero-order valence-electron chi connectivity index (χ0n) is 11.3. The minimum Gasteiger partial charge on any atom is -0.379 e. The quantitative estimate of drug-likeness (QED) is 0.807. The minimum atomic E-state index is -0.190. The third-order valence-corrected chi connectivity index (χ3v) is 4.50. The molecule has 2 aliphatic rings. The maximum Gasteiger partial charge on any atom is 0.254 e. The van der Waals surface area contributed by atoms with Crippen LogP contribution in [0.3, 0.4) is 0 Å². The second-order valence-corrected chi connectivity index (χ2v) is 5.36. The first-order valence-corrected chi connectivity index (χ1v) is 6.47. The molecule has 0 N–H and O–H groups in total. The molecule has 0 unspecified atom stereocenters. The topological polar surface area (TPSA) is 46.6 Å². The largest absolute Gasteiger partial charge is 0.379 e. The molecule has 0 bridgehead atoms. The predicted octanol–water partition coefficient (Wildman–Crippen LogP) is 1.46.